The Labute approximate surface area is 261 Å². The van der Waals surface area contributed by atoms with E-state index in [9.17, 15) is 33.1 Å². The molecule has 3 N–H and O–H groups in total. The Morgan fingerprint density at radius 3 is 1.80 bits per heavy atom. The van der Waals surface area contributed by atoms with Gasteiger partial charge in [-0.05, 0) is 59.4 Å². The molecule has 1 aliphatic heterocycles. The molecule has 238 valence electrons. The average molecular weight is 621 g/mol. The van der Waals surface area contributed by atoms with Gasteiger partial charge < -0.3 is 25.5 Å². The summed E-state index contributed by atoms with van der Waals surface area (Å²) >= 11 is 0. The summed E-state index contributed by atoms with van der Waals surface area (Å²) in [5.74, 6) is -4.32. The van der Waals surface area contributed by atoms with Crippen molar-refractivity contribution >= 4 is 35.0 Å². The first-order valence-corrected chi connectivity index (χ1v) is 14.9. The summed E-state index contributed by atoms with van der Waals surface area (Å²) in [4.78, 5) is 58.0. The molecule has 9 nitrogen and oxygen atoms in total. The van der Waals surface area contributed by atoms with Gasteiger partial charge in [-0.15, -0.1) is 0 Å². The lowest BCUT2D eigenvalue weighted by molar-refractivity contribution is -0.135. The molecule has 11 heteroatoms. The third kappa shape index (κ3) is 8.43. The number of hydrogen-bond donors (Lipinski definition) is 3. The zero-order chi connectivity index (χ0) is 32.8. The Bertz CT molecular complexity index is 1490. The molecule has 1 heterocycles. The molecular formula is C34H38F2N4O5. The predicted molar refractivity (Wildman–Crippen MR) is 167 cm³/mol. The first kappa shape index (κ1) is 33.1. The van der Waals surface area contributed by atoms with Crippen LogP contribution in [0.2, 0.25) is 0 Å². The topological polar surface area (TPSA) is 119 Å². The summed E-state index contributed by atoms with van der Waals surface area (Å²) in [6.45, 7) is 8.35. The third-order valence-electron chi connectivity index (χ3n) is 7.19. The molecular weight excluding hydrogens is 582 g/mol. The summed E-state index contributed by atoms with van der Waals surface area (Å²) in [5.41, 5.74) is 1.74. The lowest BCUT2D eigenvalue weighted by atomic mass is 10.0. The summed E-state index contributed by atoms with van der Waals surface area (Å²) in [6, 6.07) is 12.9. The molecule has 0 unspecified atom stereocenters. The lowest BCUT2D eigenvalue weighted by Gasteiger charge is -2.27. The van der Waals surface area contributed by atoms with Crippen LogP contribution in [0.4, 0.5) is 20.2 Å². The van der Waals surface area contributed by atoms with Gasteiger partial charge in [0.05, 0.1) is 17.8 Å². The van der Waals surface area contributed by atoms with Crippen LogP contribution < -0.4 is 20.4 Å². The number of aromatic hydroxyl groups is 1. The largest absolute Gasteiger partial charge is 0.508 e. The van der Waals surface area contributed by atoms with Crippen molar-refractivity contribution in [1.82, 2.24) is 10.6 Å². The van der Waals surface area contributed by atoms with Gasteiger partial charge in [0.25, 0.3) is 11.8 Å². The maximum absolute atomic E-state index is 14.0. The van der Waals surface area contributed by atoms with Crippen molar-refractivity contribution in [2.75, 3.05) is 22.9 Å². The number of carbonyl (C=O) groups is 4. The van der Waals surface area contributed by atoms with E-state index in [0.29, 0.717) is 36.1 Å². The zero-order valence-electron chi connectivity index (χ0n) is 25.7. The molecule has 0 bridgehead atoms. The van der Waals surface area contributed by atoms with E-state index in [2.05, 4.69) is 10.6 Å². The highest BCUT2D eigenvalue weighted by Gasteiger charge is 2.42. The molecule has 0 aromatic heterocycles. The number of carbonyl (C=O) groups excluding carboxylic acids is 4. The molecule has 3 aromatic rings. The van der Waals surface area contributed by atoms with Crippen molar-refractivity contribution in [3.8, 4) is 5.75 Å². The molecule has 45 heavy (non-hydrogen) atoms. The molecule has 1 aliphatic rings. The fourth-order valence-corrected chi connectivity index (χ4v) is 5.27. The number of hydrogen-bond acceptors (Lipinski definition) is 5. The molecule has 4 rings (SSSR count). The van der Waals surface area contributed by atoms with Gasteiger partial charge in [0.1, 0.15) is 23.4 Å². The van der Waals surface area contributed by atoms with Crippen molar-refractivity contribution in [3.63, 3.8) is 0 Å². The summed E-state index contributed by atoms with van der Waals surface area (Å²) in [7, 11) is 0. The van der Waals surface area contributed by atoms with Gasteiger partial charge in [-0.1, -0.05) is 52.0 Å². The minimum absolute atomic E-state index is 0.00150. The van der Waals surface area contributed by atoms with E-state index in [-0.39, 0.29) is 29.6 Å². The minimum atomic E-state index is -1.58. The van der Waals surface area contributed by atoms with Crippen LogP contribution in [-0.2, 0) is 32.0 Å². The summed E-state index contributed by atoms with van der Waals surface area (Å²) in [6.07, 6.45) is -0.481. The number of para-hydroxylation sites is 2. The SMILES string of the molecule is CC(C)CN1C(=O)C(NC(=O)[C@H](Cc2ccc(O)cc2)NC(=O)Cc2cc(F)cc(F)c2)C(=O)N(CC(C)C)c2ccccc21. The van der Waals surface area contributed by atoms with E-state index in [0.717, 1.165) is 12.1 Å². The quantitative estimate of drug-likeness (QED) is 0.279. The number of phenols is 1. The second-order valence-corrected chi connectivity index (χ2v) is 12.1. The second-order valence-electron chi connectivity index (χ2n) is 12.1. The van der Waals surface area contributed by atoms with Crippen LogP contribution >= 0.6 is 0 Å². The lowest BCUT2D eigenvalue weighted by Crippen LogP contribution is -2.60. The second kappa shape index (κ2) is 14.3. The highest BCUT2D eigenvalue weighted by molar-refractivity contribution is 6.21. The van der Waals surface area contributed by atoms with Crippen molar-refractivity contribution in [2.45, 2.75) is 52.6 Å². The molecule has 0 saturated heterocycles. The summed E-state index contributed by atoms with van der Waals surface area (Å²) in [5, 5.41) is 14.9. The monoisotopic (exact) mass is 620 g/mol. The maximum Gasteiger partial charge on any atom is 0.259 e. The number of nitrogens with zero attached hydrogens (tertiary/aromatic N) is 2. The van der Waals surface area contributed by atoms with E-state index in [1.54, 1.807) is 36.4 Å². The van der Waals surface area contributed by atoms with Crippen LogP contribution in [0.5, 0.6) is 5.75 Å². The number of benzene rings is 3. The van der Waals surface area contributed by atoms with Gasteiger partial charge in [-0.3, -0.25) is 19.2 Å². The Morgan fingerprint density at radius 2 is 1.31 bits per heavy atom. The van der Waals surface area contributed by atoms with E-state index < -0.39 is 53.8 Å². The highest BCUT2D eigenvalue weighted by atomic mass is 19.1. The van der Waals surface area contributed by atoms with Crippen LogP contribution in [0.3, 0.4) is 0 Å². The fraction of sp³-hybridized carbons (Fsp3) is 0.353. The third-order valence-corrected chi connectivity index (χ3v) is 7.19. The van der Waals surface area contributed by atoms with Crippen LogP contribution in [0, 0.1) is 23.5 Å². The van der Waals surface area contributed by atoms with E-state index in [1.807, 2.05) is 27.7 Å². The van der Waals surface area contributed by atoms with Crippen molar-refractivity contribution in [1.29, 1.82) is 0 Å². The Balaban J connectivity index is 1.66. The molecule has 0 spiro atoms. The van der Waals surface area contributed by atoms with Gasteiger partial charge in [0.15, 0.2) is 6.04 Å². The smallest absolute Gasteiger partial charge is 0.259 e. The number of amides is 4. The molecule has 0 fully saturated rings. The summed E-state index contributed by atoms with van der Waals surface area (Å²) < 4.78 is 27.5. The standard InChI is InChI=1S/C34H38F2N4O5/c1-20(2)18-39-28-7-5-6-8-29(28)40(19-21(3)4)34(45)31(33(39)44)38-32(43)27(15-22-9-11-26(41)12-10-22)37-30(42)16-23-13-24(35)17-25(36)14-23/h5-14,17,20-21,27,31,41H,15-16,18-19H2,1-4H3,(H,37,42)(H,38,43)/t27-/m0/s1. The normalized spacial score (nSPS) is 14.4. The van der Waals surface area contributed by atoms with Gasteiger partial charge in [0, 0.05) is 25.6 Å². The molecule has 1 atom stereocenters. The molecule has 0 saturated carbocycles. The van der Waals surface area contributed by atoms with E-state index in [1.165, 1.54) is 21.9 Å². The number of fused-ring (bicyclic) bond motifs is 1. The molecule has 4 amide bonds. The van der Waals surface area contributed by atoms with Crippen LogP contribution in [-0.4, -0.2) is 53.9 Å². The Hall–Kier alpha value is -4.80. The number of halogens is 2. The first-order valence-electron chi connectivity index (χ1n) is 14.9. The molecule has 3 aromatic carbocycles. The highest BCUT2D eigenvalue weighted by Crippen LogP contribution is 2.34. The van der Waals surface area contributed by atoms with Crippen LogP contribution in [0.1, 0.15) is 38.8 Å². The van der Waals surface area contributed by atoms with Gasteiger partial charge in [-0.2, -0.15) is 0 Å². The number of nitrogens with one attached hydrogen (secondary N) is 2. The number of phenolic OH excluding ortho intramolecular Hbond substituents is 1. The van der Waals surface area contributed by atoms with Gasteiger partial charge in [0.2, 0.25) is 11.8 Å². The number of anilines is 2. The van der Waals surface area contributed by atoms with Crippen LogP contribution in [0.25, 0.3) is 0 Å². The molecule has 0 radical (unpaired) electrons. The van der Waals surface area contributed by atoms with Crippen molar-refractivity contribution in [2.24, 2.45) is 11.8 Å². The Kier molecular flexibility index (Phi) is 10.5. The minimum Gasteiger partial charge on any atom is -0.508 e. The first-order chi connectivity index (χ1) is 21.3. The van der Waals surface area contributed by atoms with Crippen molar-refractivity contribution in [3.05, 3.63) is 89.5 Å². The fourth-order valence-electron chi connectivity index (χ4n) is 5.27. The average Bonchev–Trinajstić information content (AvgIpc) is 3.03. The Morgan fingerprint density at radius 1 is 0.800 bits per heavy atom. The predicted octanol–water partition coefficient (Wildman–Crippen LogP) is 4.12. The van der Waals surface area contributed by atoms with Gasteiger partial charge >= 0.3 is 0 Å². The van der Waals surface area contributed by atoms with Crippen molar-refractivity contribution < 1.29 is 33.1 Å². The van der Waals surface area contributed by atoms with Crippen LogP contribution in [0.15, 0.2) is 66.7 Å². The van der Waals surface area contributed by atoms with E-state index in [4.69, 9.17) is 0 Å². The van der Waals surface area contributed by atoms with E-state index >= 15 is 0 Å². The number of rotatable bonds is 11. The zero-order valence-corrected chi connectivity index (χ0v) is 25.7. The maximum atomic E-state index is 14.0. The van der Waals surface area contributed by atoms with Gasteiger partial charge in [-0.25, -0.2) is 8.78 Å². The molecule has 0 aliphatic carbocycles.